The number of hydrogen-bond donors (Lipinski definition) is 1. The van der Waals surface area contributed by atoms with Crippen molar-refractivity contribution in [2.75, 3.05) is 19.1 Å². The van der Waals surface area contributed by atoms with E-state index in [1.165, 1.54) is 10.9 Å². The molecule has 2 saturated heterocycles. The van der Waals surface area contributed by atoms with E-state index in [2.05, 4.69) is 33.7 Å². The highest BCUT2D eigenvalue weighted by molar-refractivity contribution is 6.13. The number of rotatable bonds is 5. The number of pyridine rings is 1. The van der Waals surface area contributed by atoms with Gasteiger partial charge < -0.3 is 19.9 Å². The Labute approximate surface area is 236 Å². The lowest BCUT2D eigenvalue weighted by Crippen LogP contribution is -2.56. The second-order valence-electron chi connectivity index (χ2n) is 11.5. The third-order valence-electron chi connectivity index (χ3n) is 8.64. The van der Waals surface area contributed by atoms with Crippen molar-refractivity contribution in [3.63, 3.8) is 0 Å². The number of ether oxygens (including phenoxy) is 1. The van der Waals surface area contributed by atoms with E-state index in [-0.39, 0.29) is 23.3 Å². The van der Waals surface area contributed by atoms with E-state index >= 15 is 0 Å². The number of alkyl halides is 3. The molecule has 12 heteroatoms. The van der Waals surface area contributed by atoms with Crippen LogP contribution in [-0.4, -0.2) is 56.5 Å². The van der Waals surface area contributed by atoms with Gasteiger partial charge in [0, 0.05) is 60.7 Å². The third kappa shape index (κ3) is 4.34. The Hall–Kier alpha value is -3.96. The van der Waals surface area contributed by atoms with Crippen LogP contribution in [0.5, 0.6) is 5.88 Å². The highest BCUT2D eigenvalue weighted by Crippen LogP contribution is 2.51. The second-order valence-corrected chi connectivity index (χ2v) is 11.5. The summed E-state index contributed by atoms with van der Waals surface area (Å²) in [5.74, 6) is 1.69. The van der Waals surface area contributed by atoms with Crippen LogP contribution in [0.4, 0.5) is 19.0 Å². The Morgan fingerprint density at radius 1 is 1.12 bits per heavy atom. The van der Waals surface area contributed by atoms with E-state index < -0.39 is 11.9 Å². The molecule has 5 heterocycles. The first kappa shape index (κ1) is 27.2. The molecular formula is C29H33F3N8O. The SMILES string of the molecule is CN=C1/C(=C(\N)c2c(OC)ncnc2C2CC2)C2CCC(N2c2ccc(-c3nc(C(F)(F)F)cn3C)cn2)C1(C)C. The zero-order chi connectivity index (χ0) is 29.3. The van der Waals surface area contributed by atoms with E-state index in [9.17, 15) is 13.2 Å². The molecule has 3 aliphatic rings. The predicted octanol–water partition coefficient (Wildman–Crippen LogP) is 4.99. The Kier molecular flexibility index (Phi) is 6.35. The first-order valence-corrected chi connectivity index (χ1v) is 13.7. The van der Waals surface area contributed by atoms with Crippen molar-refractivity contribution in [3.8, 4) is 17.3 Å². The van der Waals surface area contributed by atoms with E-state index in [0.717, 1.165) is 60.2 Å². The van der Waals surface area contributed by atoms with Gasteiger partial charge in [-0.05, 0) is 37.8 Å². The summed E-state index contributed by atoms with van der Waals surface area (Å²) in [5.41, 5.74) is 10.3. The molecule has 1 saturated carbocycles. The molecule has 2 bridgehead atoms. The van der Waals surface area contributed by atoms with Crippen molar-refractivity contribution in [1.29, 1.82) is 0 Å². The largest absolute Gasteiger partial charge is 0.480 e. The number of fused-ring (bicyclic) bond motifs is 2. The number of anilines is 1. The summed E-state index contributed by atoms with van der Waals surface area (Å²) < 4.78 is 46.7. The number of nitrogens with two attached hydrogens (primary N) is 1. The standard InChI is InChI=1S/C29H33F3N8O/c1-28(2)19-10-9-17(21(25(28)34-3)23(33)22-24(15-6-7-15)36-14-37-27(22)41-5)40(19)20-11-8-16(12-35-20)26-38-18(13-39(26)4)29(30,31)32/h8,11-15,17,19H,6-7,9-10,33H2,1-5H3/b23-21-,34-25?. The molecule has 6 rings (SSSR count). The number of piperidine rings is 1. The average molecular weight is 567 g/mol. The zero-order valence-electron chi connectivity index (χ0n) is 23.7. The Balaban J connectivity index is 1.45. The molecule has 2 unspecified atom stereocenters. The lowest BCUT2D eigenvalue weighted by Gasteiger charge is -2.48. The molecule has 9 nitrogen and oxygen atoms in total. The summed E-state index contributed by atoms with van der Waals surface area (Å²) in [6.45, 7) is 4.34. The normalized spacial score (nSPS) is 24.2. The molecule has 2 atom stereocenters. The number of imidazole rings is 1. The molecule has 2 aliphatic heterocycles. The first-order valence-electron chi connectivity index (χ1n) is 13.7. The first-order chi connectivity index (χ1) is 19.5. The Bertz CT molecular complexity index is 1550. The summed E-state index contributed by atoms with van der Waals surface area (Å²) in [7, 11) is 4.93. The second kappa shape index (κ2) is 9.56. The van der Waals surface area contributed by atoms with Crippen LogP contribution in [0.15, 0.2) is 41.4 Å². The van der Waals surface area contributed by atoms with Crippen LogP contribution in [0.1, 0.15) is 62.4 Å². The number of aryl methyl sites for hydroxylation is 1. The average Bonchev–Trinajstić information content (AvgIpc) is 3.59. The maximum Gasteiger partial charge on any atom is 0.434 e. The number of halogens is 3. The number of hydrogen-bond acceptors (Lipinski definition) is 8. The molecule has 3 aromatic heterocycles. The molecule has 0 amide bonds. The molecule has 216 valence electrons. The lowest BCUT2D eigenvalue weighted by molar-refractivity contribution is -0.140. The molecule has 0 spiro atoms. The molecule has 41 heavy (non-hydrogen) atoms. The molecule has 1 aliphatic carbocycles. The van der Waals surface area contributed by atoms with Crippen LogP contribution in [0.2, 0.25) is 0 Å². The van der Waals surface area contributed by atoms with E-state index in [1.807, 2.05) is 6.07 Å². The van der Waals surface area contributed by atoms with E-state index in [4.69, 9.17) is 20.4 Å². The fourth-order valence-corrected chi connectivity index (χ4v) is 6.63. The molecule has 3 aromatic rings. The maximum atomic E-state index is 13.2. The van der Waals surface area contributed by atoms with Crippen molar-refractivity contribution in [1.82, 2.24) is 24.5 Å². The number of aromatic nitrogens is 5. The maximum absolute atomic E-state index is 13.2. The van der Waals surface area contributed by atoms with Gasteiger partial charge in [0.25, 0.3) is 0 Å². The summed E-state index contributed by atoms with van der Waals surface area (Å²) >= 11 is 0. The van der Waals surface area contributed by atoms with Gasteiger partial charge in [0.1, 0.15) is 18.0 Å². The van der Waals surface area contributed by atoms with Gasteiger partial charge in [-0.25, -0.2) is 19.9 Å². The third-order valence-corrected chi connectivity index (χ3v) is 8.64. The van der Waals surface area contributed by atoms with Crippen molar-refractivity contribution >= 4 is 17.2 Å². The van der Waals surface area contributed by atoms with Gasteiger partial charge in [-0.3, -0.25) is 4.99 Å². The molecule has 0 aromatic carbocycles. The van der Waals surface area contributed by atoms with Gasteiger partial charge in [-0.15, -0.1) is 0 Å². The van der Waals surface area contributed by atoms with E-state index in [0.29, 0.717) is 23.1 Å². The topological polar surface area (TPSA) is 107 Å². The van der Waals surface area contributed by atoms with Crippen LogP contribution in [-0.2, 0) is 13.2 Å². The van der Waals surface area contributed by atoms with Gasteiger partial charge >= 0.3 is 6.18 Å². The van der Waals surface area contributed by atoms with E-state index in [1.54, 1.807) is 33.5 Å². The van der Waals surface area contributed by atoms with Gasteiger partial charge in [-0.2, -0.15) is 13.2 Å². The summed E-state index contributed by atoms with van der Waals surface area (Å²) in [6, 6.07) is 3.62. The van der Waals surface area contributed by atoms with Crippen molar-refractivity contribution in [2.24, 2.45) is 23.2 Å². The van der Waals surface area contributed by atoms with Crippen LogP contribution < -0.4 is 15.4 Å². The number of nitrogens with zero attached hydrogens (tertiary/aromatic N) is 7. The van der Waals surface area contributed by atoms with Gasteiger partial charge in [0.15, 0.2) is 5.69 Å². The lowest BCUT2D eigenvalue weighted by atomic mass is 9.72. The minimum Gasteiger partial charge on any atom is -0.480 e. The Morgan fingerprint density at radius 2 is 1.88 bits per heavy atom. The number of methoxy groups -OCH3 is 1. The quantitative estimate of drug-likeness (QED) is 0.463. The summed E-state index contributed by atoms with van der Waals surface area (Å²) in [5, 5.41) is 0. The van der Waals surface area contributed by atoms with Crippen LogP contribution in [0, 0.1) is 5.41 Å². The van der Waals surface area contributed by atoms with Gasteiger partial charge in [0.05, 0.1) is 30.1 Å². The summed E-state index contributed by atoms with van der Waals surface area (Å²) in [6.07, 6.45) is 3.41. The predicted molar refractivity (Wildman–Crippen MR) is 150 cm³/mol. The zero-order valence-corrected chi connectivity index (χ0v) is 23.7. The number of aliphatic imine (C=N–C) groups is 1. The molecule has 2 N–H and O–H groups in total. The Morgan fingerprint density at radius 3 is 2.46 bits per heavy atom. The van der Waals surface area contributed by atoms with Crippen molar-refractivity contribution < 1.29 is 17.9 Å². The highest BCUT2D eigenvalue weighted by atomic mass is 19.4. The monoisotopic (exact) mass is 566 g/mol. The van der Waals surface area contributed by atoms with Crippen molar-refractivity contribution in [2.45, 2.75) is 63.7 Å². The van der Waals surface area contributed by atoms with Gasteiger partial charge in [0.2, 0.25) is 5.88 Å². The molecule has 0 radical (unpaired) electrons. The van der Waals surface area contributed by atoms with Crippen LogP contribution in [0.25, 0.3) is 17.1 Å². The minimum absolute atomic E-state index is 0.0999. The smallest absolute Gasteiger partial charge is 0.434 e. The summed E-state index contributed by atoms with van der Waals surface area (Å²) in [4.78, 5) is 24.6. The van der Waals surface area contributed by atoms with Crippen molar-refractivity contribution in [3.05, 3.63) is 53.4 Å². The van der Waals surface area contributed by atoms with Crippen LogP contribution in [0.3, 0.4) is 0 Å². The molecular weight excluding hydrogens is 533 g/mol. The fourth-order valence-electron chi connectivity index (χ4n) is 6.63. The van der Waals surface area contributed by atoms with Gasteiger partial charge in [-0.1, -0.05) is 13.8 Å². The molecule has 3 fully saturated rings. The van der Waals surface area contributed by atoms with Crippen LogP contribution >= 0.6 is 0 Å². The highest BCUT2D eigenvalue weighted by Gasteiger charge is 2.54. The minimum atomic E-state index is -4.52. The fraction of sp³-hybridized carbons (Fsp3) is 0.483.